The third kappa shape index (κ3) is 9.23. The highest BCUT2D eigenvalue weighted by Crippen LogP contribution is 2.36. The molecule has 1 heterocycles. The second kappa shape index (κ2) is 16.6. The van der Waals surface area contributed by atoms with Crippen LogP contribution < -0.4 is 16.4 Å². The van der Waals surface area contributed by atoms with Crippen molar-refractivity contribution in [3.05, 3.63) is 205 Å². The van der Waals surface area contributed by atoms with E-state index >= 15 is 0 Å². The highest BCUT2D eigenvalue weighted by molar-refractivity contribution is 5.90. The normalized spacial score (nSPS) is 12.4. The summed E-state index contributed by atoms with van der Waals surface area (Å²) in [7, 11) is 0. The SMILES string of the molecule is C1=Cc2ccc(-c3cccc(-c4ccccc4Nc4ccccc4)c3)cc2Nc2ccccc21.Cc1ccccc1.NC1C=CC=CC=C1. The molecule has 0 spiro atoms. The van der Waals surface area contributed by atoms with Gasteiger partial charge in [-0.3, -0.25) is 0 Å². The van der Waals surface area contributed by atoms with Crippen LogP contribution in [0.25, 0.3) is 34.4 Å². The first-order valence-electron chi connectivity index (χ1n) is 16.6. The fraction of sp³-hybridized carbons (Fsp3) is 0.0435. The van der Waals surface area contributed by atoms with Crippen LogP contribution in [0, 0.1) is 6.92 Å². The largest absolute Gasteiger partial charge is 0.355 e. The molecule has 2 aliphatic rings. The third-order valence-corrected chi connectivity index (χ3v) is 8.15. The van der Waals surface area contributed by atoms with Crippen molar-refractivity contribution >= 4 is 34.9 Å². The lowest BCUT2D eigenvalue weighted by molar-refractivity contribution is 1.03. The molecule has 0 amide bonds. The van der Waals surface area contributed by atoms with Gasteiger partial charge in [0.1, 0.15) is 0 Å². The summed E-state index contributed by atoms with van der Waals surface area (Å²) in [5, 5.41) is 7.19. The Bertz CT molecular complexity index is 2070. The molecule has 0 saturated carbocycles. The number of aryl methyl sites for hydroxylation is 1. The number of hydrogen-bond donors (Lipinski definition) is 3. The summed E-state index contributed by atoms with van der Waals surface area (Å²) in [6, 6.07) is 52.9. The van der Waals surface area contributed by atoms with Crippen molar-refractivity contribution in [3.63, 3.8) is 0 Å². The first-order valence-corrected chi connectivity index (χ1v) is 16.6. The maximum atomic E-state index is 5.52. The van der Waals surface area contributed by atoms with Gasteiger partial charge in [0.2, 0.25) is 0 Å². The number of fused-ring (bicyclic) bond motifs is 2. The lowest BCUT2D eigenvalue weighted by Gasteiger charge is -2.14. The first-order chi connectivity index (χ1) is 24.1. The summed E-state index contributed by atoms with van der Waals surface area (Å²) >= 11 is 0. The van der Waals surface area contributed by atoms with E-state index in [1.807, 2.05) is 72.9 Å². The molecule has 1 aliphatic carbocycles. The molecule has 0 unspecified atom stereocenters. The number of allylic oxidation sites excluding steroid dienone is 4. The van der Waals surface area contributed by atoms with Crippen molar-refractivity contribution in [1.82, 2.24) is 0 Å². The number of nitrogens with two attached hydrogens (primary N) is 1. The van der Waals surface area contributed by atoms with Gasteiger partial charge in [-0.2, -0.15) is 0 Å². The number of hydrogen-bond acceptors (Lipinski definition) is 3. The maximum absolute atomic E-state index is 5.52. The molecule has 6 aromatic rings. The van der Waals surface area contributed by atoms with Crippen LogP contribution in [0.5, 0.6) is 0 Å². The lowest BCUT2D eigenvalue weighted by Crippen LogP contribution is -2.11. The van der Waals surface area contributed by atoms with Gasteiger partial charge in [-0.25, -0.2) is 0 Å². The Labute approximate surface area is 290 Å². The molecule has 0 saturated heterocycles. The zero-order valence-corrected chi connectivity index (χ0v) is 27.7. The Kier molecular flexibility index (Phi) is 11.1. The van der Waals surface area contributed by atoms with Crippen LogP contribution in [-0.2, 0) is 0 Å². The molecule has 0 fully saturated rings. The van der Waals surface area contributed by atoms with Gasteiger partial charge >= 0.3 is 0 Å². The Hall–Kier alpha value is -6.16. The van der Waals surface area contributed by atoms with Crippen LogP contribution in [0.2, 0.25) is 0 Å². The molecule has 4 N–H and O–H groups in total. The van der Waals surface area contributed by atoms with E-state index in [-0.39, 0.29) is 6.04 Å². The van der Waals surface area contributed by atoms with E-state index in [0.717, 1.165) is 22.7 Å². The maximum Gasteiger partial charge on any atom is 0.0464 e. The standard InChI is InChI=1S/C32H24N2.C7H9N.C7H8/c1-2-12-28(13-3-1)33-31-16-7-5-14-29(31)27-11-8-10-25(21-27)26-20-19-24-18-17-23-9-4-6-15-30(23)34-32(24)22-26;8-7-5-3-1-2-4-6-7;1-7-5-3-2-4-6-7/h1-22,33-34H;1-7H,8H2;2-6H,1H3. The number of benzene rings is 6. The molecule has 3 heteroatoms. The van der Waals surface area contributed by atoms with Crippen molar-refractivity contribution in [2.24, 2.45) is 5.73 Å². The summed E-state index contributed by atoms with van der Waals surface area (Å²) in [4.78, 5) is 0. The number of nitrogens with one attached hydrogen (secondary N) is 2. The molecule has 8 rings (SSSR count). The molecular weight excluding hydrogens is 595 g/mol. The van der Waals surface area contributed by atoms with Crippen LogP contribution in [0.15, 0.2) is 188 Å². The quantitative estimate of drug-likeness (QED) is 0.180. The predicted octanol–water partition coefficient (Wildman–Crippen LogP) is 12.0. The van der Waals surface area contributed by atoms with E-state index in [9.17, 15) is 0 Å². The second-order valence-electron chi connectivity index (χ2n) is 11.9. The minimum absolute atomic E-state index is 0.102. The van der Waals surface area contributed by atoms with E-state index in [4.69, 9.17) is 5.73 Å². The zero-order chi connectivity index (χ0) is 33.7. The average Bonchev–Trinajstić information content (AvgIpc) is 3.51. The smallest absolute Gasteiger partial charge is 0.0464 e. The van der Waals surface area contributed by atoms with Crippen molar-refractivity contribution in [2.45, 2.75) is 13.0 Å². The van der Waals surface area contributed by atoms with Gasteiger partial charge in [-0.15, -0.1) is 0 Å². The number of rotatable bonds is 4. The number of para-hydroxylation sites is 3. The van der Waals surface area contributed by atoms with Gasteiger partial charge in [0.05, 0.1) is 0 Å². The minimum Gasteiger partial charge on any atom is -0.355 e. The third-order valence-electron chi connectivity index (χ3n) is 8.15. The predicted molar refractivity (Wildman–Crippen MR) is 212 cm³/mol. The molecule has 1 aliphatic heterocycles. The lowest BCUT2D eigenvalue weighted by atomic mass is 9.96. The fourth-order valence-corrected chi connectivity index (χ4v) is 5.57. The Morgan fingerprint density at radius 3 is 1.86 bits per heavy atom. The van der Waals surface area contributed by atoms with E-state index in [1.54, 1.807) is 0 Å². The molecule has 240 valence electrons. The van der Waals surface area contributed by atoms with Gasteiger partial charge in [0, 0.05) is 34.4 Å². The van der Waals surface area contributed by atoms with Crippen LogP contribution in [0.1, 0.15) is 16.7 Å². The second-order valence-corrected chi connectivity index (χ2v) is 11.9. The van der Waals surface area contributed by atoms with Gasteiger partial charge in [0.25, 0.3) is 0 Å². The van der Waals surface area contributed by atoms with Crippen molar-refractivity contribution in [1.29, 1.82) is 0 Å². The van der Waals surface area contributed by atoms with E-state index in [0.29, 0.717) is 0 Å². The summed E-state index contributed by atoms with van der Waals surface area (Å²) in [5.74, 6) is 0. The first kappa shape index (κ1) is 32.8. The topological polar surface area (TPSA) is 50.1 Å². The van der Waals surface area contributed by atoms with Crippen LogP contribution >= 0.6 is 0 Å². The number of anilines is 4. The Morgan fingerprint density at radius 2 is 1.12 bits per heavy atom. The molecule has 3 nitrogen and oxygen atoms in total. The van der Waals surface area contributed by atoms with Gasteiger partial charge in [0.15, 0.2) is 0 Å². The molecule has 6 aromatic carbocycles. The van der Waals surface area contributed by atoms with Gasteiger partial charge in [-0.1, -0.05) is 169 Å². The fourth-order valence-electron chi connectivity index (χ4n) is 5.57. The summed E-state index contributed by atoms with van der Waals surface area (Å²) in [5.41, 5.74) is 18.4. The summed E-state index contributed by atoms with van der Waals surface area (Å²) in [6.07, 6.45) is 16.1. The molecular formula is C46H41N3. The van der Waals surface area contributed by atoms with Gasteiger partial charge < -0.3 is 16.4 Å². The summed E-state index contributed by atoms with van der Waals surface area (Å²) in [6.45, 7) is 2.08. The average molecular weight is 636 g/mol. The van der Waals surface area contributed by atoms with E-state index in [1.165, 1.54) is 38.9 Å². The van der Waals surface area contributed by atoms with Crippen molar-refractivity contribution in [2.75, 3.05) is 10.6 Å². The highest BCUT2D eigenvalue weighted by atomic mass is 14.9. The minimum atomic E-state index is 0.102. The summed E-state index contributed by atoms with van der Waals surface area (Å²) < 4.78 is 0. The molecule has 0 atom stereocenters. The molecule has 49 heavy (non-hydrogen) atoms. The zero-order valence-electron chi connectivity index (χ0n) is 27.7. The van der Waals surface area contributed by atoms with Crippen molar-refractivity contribution in [3.8, 4) is 22.3 Å². The van der Waals surface area contributed by atoms with Crippen molar-refractivity contribution < 1.29 is 0 Å². The Morgan fingerprint density at radius 1 is 0.510 bits per heavy atom. The highest BCUT2D eigenvalue weighted by Gasteiger charge is 2.11. The molecule has 0 bridgehead atoms. The van der Waals surface area contributed by atoms with Crippen LogP contribution in [-0.4, -0.2) is 6.04 Å². The monoisotopic (exact) mass is 635 g/mol. The molecule has 0 radical (unpaired) electrons. The molecule has 0 aromatic heterocycles. The van der Waals surface area contributed by atoms with E-state index in [2.05, 4.69) is 145 Å². The Balaban J connectivity index is 0.000000228. The van der Waals surface area contributed by atoms with Crippen LogP contribution in [0.3, 0.4) is 0 Å². The van der Waals surface area contributed by atoms with Gasteiger partial charge in [-0.05, 0) is 71.1 Å². The van der Waals surface area contributed by atoms with Crippen LogP contribution in [0.4, 0.5) is 22.7 Å². The van der Waals surface area contributed by atoms with E-state index < -0.39 is 0 Å².